The summed E-state index contributed by atoms with van der Waals surface area (Å²) in [5, 5.41) is 0. The molecule has 24 valence electrons. The van der Waals surface area contributed by atoms with E-state index in [-0.39, 0.29) is 9.92 Å². The lowest BCUT2D eigenvalue weighted by Gasteiger charge is -1.63. The monoisotopic (exact) mass is 91.0 g/mol. The van der Waals surface area contributed by atoms with Gasteiger partial charge in [0, 0.05) is 0 Å². The molecule has 0 aromatic rings. The van der Waals surface area contributed by atoms with Crippen LogP contribution in [0.15, 0.2) is 0 Å². The van der Waals surface area contributed by atoms with Gasteiger partial charge >= 0.3 is 0 Å². The molecule has 1 aliphatic heterocycles. The quantitative estimate of drug-likeness (QED) is 0.242. The molecule has 0 spiro atoms. The molecule has 0 N–H and O–H groups in total. The van der Waals surface area contributed by atoms with Crippen molar-refractivity contribution in [1.29, 1.82) is 0 Å². The molecule has 0 saturated carbocycles. The Labute approximate surface area is 30.2 Å². The molecule has 2 nitrogen and oxygen atoms in total. The molecule has 1 rings (SSSR count). The van der Waals surface area contributed by atoms with Gasteiger partial charge in [0.2, 0.25) is 0 Å². The molecule has 0 aromatic heterocycles. The molecule has 1 saturated heterocycles. The molecule has 1 fully saturated rings. The lowest BCUT2D eigenvalue weighted by atomic mass is 13.5. The summed E-state index contributed by atoms with van der Waals surface area (Å²) < 4.78 is 6.77. The van der Waals surface area contributed by atoms with Crippen LogP contribution >= 0.6 is 0 Å². The van der Waals surface area contributed by atoms with Gasteiger partial charge in [0.15, 0.2) is 0 Å². The topological polar surface area (TPSA) is 15.5 Å². The van der Waals surface area contributed by atoms with E-state index in [2.05, 4.69) is 0 Å². The minimum absolute atomic E-state index is 0.0139. The molecule has 0 radical (unpaired) electrons. The smallest absolute Gasteiger partial charge is 0.277 e. The number of nitrogens with zero attached hydrogens (tertiary/aromatic N) is 1. The van der Waals surface area contributed by atoms with Crippen LogP contribution in [-0.4, -0.2) is 24.7 Å². The Morgan fingerprint density at radius 1 is 2.00 bits per heavy atom. The Morgan fingerprint density at radius 2 is 2.25 bits per heavy atom. The average Bonchev–Trinajstić information content (AvgIpc) is 1.75. The van der Waals surface area contributed by atoms with Gasteiger partial charge in [0.25, 0.3) is 9.92 Å². The van der Waals surface area contributed by atoms with Crippen LogP contribution < -0.4 is 0 Å². The third-order valence-corrected chi connectivity index (χ3v) is 2.71. The van der Waals surface area contributed by atoms with E-state index in [1.54, 1.807) is 0 Å². The van der Waals surface area contributed by atoms with E-state index in [4.69, 9.17) is 4.53 Å². The van der Waals surface area contributed by atoms with Gasteiger partial charge in [-0.2, -0.15) is 0 Å². The summed E-state index contributed by atoms with van der Waals surface area (Å²) in [6.07, 6.45) is 0. The van der Waals surface area contributed by atoms with Crippen LogP contribution in [0.1, 0.15) is 0 Å². The Morgan fingerprint density at radius 3 is 2.25 bits per heavy atom. The van der Waals surface area contributed by atoms with Crippen molar-refractivity contribution < 1.29 is 4.53 Å². The predicted molar refractivity (Wildman–Crippen MR) is 21.4 cm³/mol. The summed E-state index contributed by atoms with van der Waals surface area (Å²) in [5.41, 5.74) is 0. The van der Waals surface area contributed by atoms with E-state index in [1.807, 2.05) is 4.39 Å². The van der Waals surface area contributed by atoms with E-state index in [0.717, 1.165) is 10.4 Å². The predicted octanol–water partition coefficient (Wildman–Crippen LogP) is -2.49. The zero-order valence-electron chi connectivity index (χ0n) is 2.56. The minimum Gasteiger partial charge on any atom is -0.343 e. The fourth-order valence-corrected chi connectivity index (χ4v) is 0.520. The second-order valence-corrected chi connectivity index (χ2v) is 4.56. The van der Waals surface area contributed by atoms with Crippen molar-refractivity contribution in [2.45, 2.75) is 0 Å². The van der Waals surface area contributed by atoms with E-state index >= 15 is 0 Å². The summed E-state index contributed by atoms with van der Waals surface area (Å²) in [4.78, 5) is 0. The maximum absolute atomic E-state index is 4.74. The maximum atomic E-state index is 4.74. The first kappa shape index (κ1) is 2.58. The standard InChI is InChI=1S/H5NOSi2/c3-1-2-4-1/h4H2,3H3. The van der Waals surface area contributed by atoms with Gasteiger partial charge in [0.1, 0.15) is 10.4 Å². The third-order valence-electron chi connectivity index (χ3n) is 0.387. The summed E-state index contributed by atoms with van der Waals surface area (Å²) in [6, 6.07) is 0. The largest absolute Gasteiger partial charge is 0.343 e. The highest BCUT2D eigenvalue weighted by molar-refractivity contribution is 6.43. The molecule has 4 heavy (non-hydrogen) atoms. The highest BCUT2D eigenvalue weighted by atomic mass is 28.3. The first-order chi connectivity index (χ1) is 1.89. The number of hydrogen-bond acceptors (Lipinski definition) is 2. The molecular formula is H5NOSi2. The Kier molecular flexibility index (Phi) is 0.419. The Hall–Kier alpha value is 0.354. The second-order valence-electron chi connectivity index (χ2n) is 0.886. The molecule has 0 amide bonds. The number of rotatable bonds is 0. The molecule has 1 atom stereocenters. The molecule has 1 unspecified atom stereocenters. The Balaban J connectivity index is 2.17. The zero-order valence-corrected chi connectivity index (χ0v) is 5.98. The number of hydrogen-bond donors (Lipinski definition) is 0. The zero-order chi connectivity index (χ0) is 2.99. The van der Waals surface area contributed by atoms with Crippen LogP contribution in [0.4, 0.5) is 0 Å². The van der Waals surface area contributed by atoms with Crippen molar-refractivity contribution in [2.75, 3.05) is 0 Å². The summed E-state index contributed by atoms with van der Waals surface area (Å²) in [7, 11) is 1.12. The van der Waals surface area contributed by atoms with Gasteiger partial charge in [-0.15, -0.1) is 0 Å². The van der Waals surface area contributed by atoms with Crippen molar-refractivity contribution in [3.8, 4) is 0 Å². The van der Waals surface area contributed by atoms with Crippen LogP contribution in [0, 0.1) is 0 Å². The molecule has 4 heteroatoms. The van der Waals surface area contributed by atoms with Crippen LogP contribution in [0.2, 0.25) is 0 Å². The SMILES string of the molecule is [SiH3]N1O[SiH2]1. The van der Waals surface area contributed by atoms with Crippen LogP contribution in [0.5, 0.6) is 0 Å². The van der Waals surface area contributed by atoms with Gasteiger partial charge < -0.3 is 4.53 Å². The van der Waals surface area contributed by atoms with E-state index in [1.165, 1.54) is 0 Å². The van der Waals surface area contributed by atoms with Crippen molar-refractivity contribution in [1.82, 2.24) is 4.39 Å². The minimum atomic E-state index is -0.0139. The first-order valence-electron chi connectivity index (χ1n) is 1.23. The van der Waals surface area contributed by atoms with Gasteiger partial charge in [0.05, 0.1) is 0 Å². The normalized spacial score (nSPS) is 46.5. The second kappa shape index (κ2) is 0.648. The highest BCUT2D eigenvalue weighted by Gasteiger charge is 2.09. The van der Waals surface area contributed by atoms with Gasteiger partial charge in [-0.3, -0.25) is 0 Å². The molecule has 0 aliphatic carbocycles. The van der Waals surface area contributed by atoms with Crippen molar-refractivity contribution >= 4 is 20.3 Å². The average molecular weight is 91.2 g/mol. The van der Waals surface area contributed by atoms with Crippen molar-refractivity contribution in [2.24, 2.45) is 0 Å². The van der Waals surface area contributed by atoms with Crippen molar-refractivity contribution in [3.63, 3.8) is 0 Å². The maximum Gasteiger partial charge on any atom is 0.277 e. The van der Waals surface area contributed by atoms with E-state index < -0.39 is 0 Å². The van der Waals surface area contributed by atoms with Crippen LogP contribution in [0.25, 0.3) is 0 Å². The molecular weight excluding hydrogens is 86.2 g/mol. The molecule has 1 heterocycles. The van der Waals surface area contributed by atoms with Gasteiger partial charge in [-0.25, -0.2) is 4.39 Å². The van der Waals surface area contributed by atoms with Crippen LogP contribution in [-0.2, 0) is 4.53 Å². The fraction of sp³-hybridized carbons (Fsp3) is 0. The summed E-state index contributed by atoms with van der Waals surface area (Å²) in [6.45, 7) is 0. The lowest BCUT2D eigenvalue weighted by Crippen LogP contribution is -1.81. The summed E-state index contributed by atoms with van der Waals surface area (Å²) in [5.74, 6) is 0. The lowest BCUT2D eigenvalue weighted by molar-refractivity contribution is 0.322. The fourth-order valence-electron chi connectivity index (χ4n) is 0.0577. The highest BCUT2D eigenvalue weighted by Crippen LogP contribution is 1.90. The first-order valence-corrected chi connectivity index (χ1v) is 3.34. The third kappa shape index (κ3) is 0.384. The Bertz CT molecular complexity index is 25.2. The summed E-state index contributed by atoms with van der Waals surface area (Å²) >= 11 is 0. The molecule has 0 bridgehead atoms. The van der Waals surface area contributed by atoms with Crippen LogP contribution in [0.3, 0.4) is 0 Å². The molecule has 0 aromatic carbocycles. The molecule has 1 aliphatic rings. The van der Waals surface area contributed by atoms with Gasteiger partial charge in [-0.05, 0) is 0 Å². The van der Waals surface area contributed by atoms with Gasteiger partial charge in [-0.1, -0.05) is 0 Å². The van der Waals surface area contributed by atoms with E-state index in [9.17, 15) is 0 Å². The van der Waals surface area contributed by atoms with Crippen molar-refractivity contribution in [3.05, 3.63) is 0 Å². The van der Waals surface area contributed by atoms with E-state index in [0.29, 0.717) is 0 Å².